The summed E-state index contributed by atoms with van der Waals surface area (Å²) in [6, 6.07) is 9.93. The van der Waals surface area contributed by atoms with E-state index in [4.69, 9.17) is 15.0 Å². The van der Waals surface area contributed by atoms with Crippen LogP contribution in [0.5, 0.6) is 0 Å². The van der Waals surface area contributed by atoms with Crippen LogP contribution in [0.3, 0.4) is 0 Å². The van der Waals surface area contributed by atoms with Crippen molar-refractivity contribution in [1.82, 2.24) is 68.1 Å². The fourth-order valence-electron chi connectivity index (χ4n) is 22.6. The first-order valence-corrected chi connectivity index (χ1v) is 42.7. The molecule has 23 heteroatoms. The molecule has 3 saturated heterocycles. The first-order valence-electron chi connectivity index (χ1n) is 42.7. The third kappa shape index (κ3) is 15.3. The third-order valence-electron chi connectivity index (χ3n) is 29.0. The van der Waals surface area contributed by atoms with Gasteiger partial charge in [0, 0.05) is 171 Å². The van der Waals surface area contributed by atoms with Gasteiger partial charge in [0.15, 0.2) is 17.3 Å². The van der Waals surface area contributed by atoms with E-state index in [1.54, 1.807) is 0 Å². The van der Waals surface area contributed by atoms with Crippen LogP contribution >= 0.6 is 0 Å². The van der Waals surface area contributed by atoms with Crippen molar-refractivity contribution in [1.29, 1.82) is 0 Å². The summed E-state index contributed by atoms with van der Waals surface area (Å²) in [5, 5.41) is 13.8. The second-order valence-corrected chi connectivity index (χ2v) is 36.4. The van der Waals surface area contributed by atoms with Gasteiger partial charge in [0.05, 0.1) is 23.0 Å². The fourth-order valence-corrected chi connectivity index (χ4v) is 22.6. The zero-order valence-electron chi connectivity index (χ0n) is 64.4. The largest absolute Gasteiger partial charge is 0.391 e. The number of aromatic nitrogens is 9. The van der Waals surface area contributed by atoms with E-state index in [0.717, 1.165) is 145 Å². The molecular formula is C84H120F3N17O3. The van der Waals surface area contributed by atoms with E-state index < -0.39 is 12.1 Å². The van der Waals surface area contributed by atoms with Gasteiger partial charge in [0.25, 0.3) is 0 Å². The molecule has 7 saturated carbocycles. The second kappa shape index (κ2) is 30.5. The Bertz CT molecular complexity index is 3950. The van der Waals surface area contributed by atoms with Crippen molar-refractivity contribution < 1.29 is 27.6 Å². The molecule has 107 heavy (non-hydrogen) atoms. The van der Waals surface area contributed by atoms with Crippen molar-refractivity contribution in [2.75, 3.05) is 81.4 Å². The van der Waals surface area contributed by atoms with Crippen LogP contribution in [0.1, 0.15) is 290 Å². The Hall–Kier alpha value is -6.14. The smallest absolute Gasteiger partial charge is 0.351 e. The number of fused-ring (bicyclic) bond motifs is 12. The maximum absolute atomic E-state index is 13.0. The van der Waals surface area contributed by atoms with Crippen molar-refractivity contribution in [3.8, 4) is 0 Å². The average molecular weight is 1470 g/mol. The number of hydrogen-bond donors (Lipinski definition) is 3. The van der Waals surface area contributed by atoms with Gasteiger partial charge in [-0.05, 0) is 213 Å². The molecule has 3 N–H and O–H groups in total. The van der Waals surface area contributed by atoms with Crippen LogP contribution in [0, 0.1) is 5.92 Å². The lowest BCUT2D eigenvalue weighted by Crippen LogP contribution is -2.56. The molecule has 0 amide bonds. The molecule has 580 valence electrons. The highest BCUT2D eigenvalue weighted by Crippen LogP contribution is 2.49. The minimum Gasteiger partial charge on any atom is -0.351 e. The lowest BCUT2D eigenvalue weighted by molar-refractivity contribution is -0.186. The van der Waals surface area contributed by atoms with Crippen LogP contribution in [-0.2, 0) is 16.6 Å². The molecule has 13 aliphatic rings. The number of alkyl halides is 3. The Morgan fingerprint density at radius 2 is 0.645 bits per heavy atom. The van der Waals surface area contributed by atoms with Gasteiger partial charge in [-0.3, -0.25) is 34.0 Å². The van der Waals surface area contributed by atoms with Crippen LogP contribution < -0.4 is 16.0 Å². The normalized spacial score (nSPS) is 28.6. The van der Waals surface area contributed by atoms with Gasteiger partial charge < -0.3 is 34.6 Å². The van der Waals surface area contributed by atoms with Crippen LogP contribution in [0.15, 0.2) is 36.8 Å². The molecule has 20 nitrogen and oxygen atoms in total. The number of hydrogen-bond acceptors (Lipinski definition) is 17. The highest BCUT2D eigenvalue weighted by molar-refractivity contribution is 6.02. The Morgan fingerprint density at radius 1 is 0.364 bits per heavy atom. The second-order valence-electron chi connectivity index (χ2n) is 36.4. The quantitative estimate of drug-likeness (QED) is 0.117. The number of nitrogens with zero attached hydrogens (tertiary/aromatic N) is 14. The molecule has 0 unspecified atom stereocenters. The van der Waals surface area contributed by atoms with E-state index in [9.17, 15) is 27.6 Å². The molecule has 0 radical (unpaired) electrons. The number of piperazine rings is 2. The Morgan fingerprint density at radius 3 is 0.925 bits per heavy atom. The van der Waals surface area contributed by atoms with E-state index in [1.807, 2.05) is 36.8 Å². The molecular weight excluding hydrogens is 1350 g/mol. The van der Waals surface area contributed by atoms with Gasteiger partial charge in [-0.25, -0.2) is 15.0 Å². The van der Waals surface area contributed by atoms with Crippen molar-refractivity contribution in [3.63, 3.8) is 0 Å². The van der Waals surface area contributed by atoms with Gasteiger partial charge in [-0.2, -0.15) is 28.1 Å². The van der Waals surface area contributed by atoms with Gasteiger partial charge in [0.2, 0.25) is 17.8 Å². The van der Waals surface area contributed by atoms with E-state index in [0.29, 0.717) is 62.5 Å². The first-order chi connectivity index (χ1) is 51.8. The summed E-state index contributed by atoms with van der Waals surface area (Å²) in [6.45, 7) is 17.9. The van der Waals surface area contributed by atoms with E-state index >= 15 is 0 Å². The Kier molecular flexibility index (Phi) is 21.0. The predicted molar refractivity (Wildman–Crippen MR) is 415 cm³/mol. The number of rotatable bonds is 10. The first kappa shape index (κ1) is 73.6. The van der Waals surface area contributed by atoms with E-state index in [-0.39, 0.29) is 58.4 Å². The van der Waals surface area contributed by atoms with Crippen molar-refractivity contribution in [2.24, 2.45) is 5.92 Å². The molecule has 12 heterocycles. The minimum atomic E-state index is -4.06. The topological polar surface area (TPSA) is 196 Å². The fraction of sp³-hybridized carbons (Fsp3) is 0.750. The zero-order chi connectivity index (χ0) is 73.2. The molecule has 6 aromatic rings. The van der Waals surface area contributed by atoms with E-state index in [2.05, 4.69) is 89.9 Å². The number of anilines is 3. The van der Waals surface area contributed by atoms with Gasteiger partial charge in [-0.1, -0.05) is 57.8 Å². The van der Waals surface area contributed by atoms with Crippen LogP contribution in [0.4, 0.5) is 31.0 Å². The summed E-state index contributed by atoms with van der Waals surface area (Å²) >= 11 is 0. The number of ketones is 3. The third-order valence-corrected chi connectivity index (χ3v) is 29.0. The van der Waals surface area contributed by atoms with Gasteiger partial charge in [0.1, 0.15) is 16.9 Å². The molecule has 3 spiro atoms. The number of Topliss-reactive ketones (excluding diaryl/α,β-unsaturated/α-hetero) is 3. The summed E-state index contributed by atoms with van der Waals surface area (Å²) in [5.74, 6) is 1.68. The maximum atomic E-state index is 13.0. The Labute approximate surface area is 631 Å². The number of carbonyl (C=O) groups is 3. The molecule has 6 aromatic heterocycles. The van der Waals surface area contributed by atoms with Crippen molar-refractivity contribution >= 4 is 68.3 Å². The van der Waals surface area contributed by atoms with Gasteiger partial charge >= 0.3 is 6.18 Å². The number of piperidine rings is 1. The molecule has 0 atom stereocenters. The van der Waals surface area contributed by atoms with Gasteiger partial charge in [-0.15, -0.1) is 0 Å². The maximum Gasteiger partial charge on any atom is 0.391 e. The monoisotopic (exact) mass is 1470 g/mol. The number of carbonyl (C=O) groups excluding carboxylic acids is 3. The summed E-state index contributed by atoms with van der Waals surface area (Å²) in [6.07, 6.45) is 41.5. The highest BCUT2D eigenvalue weighted by atomic mass is 19.4. The summed E-state index contributed by atoms with van der Waals surface area (Å²) in [4.78, 5) is 80.4. The summed E-state index contributed by atoms with van der Waals surface area (Å²) in [7, 11) is 0. The van der Waals surface area contributed by atoms with E-state index in [1.165, 1.54) is 187 Å². The van der Waals surface area contributed by atoms with Crippen molar-refractivity contribution in [2.45, 2.75) is 329 Å². The SMILES string of the molecule is CC(C)(C)N1CCN(C2CCC(Nc3ncc4cc5n(c4n3)C3(CCCCC3)CCC5=O)CC2)CC1.O=C1CCC2(CCCCC2)n2c1cc1cnc(NC3CCC(N4CCC(C(F)(F)F)CC4)CC3)nc12.O=C1CCC2(CCCCC2)n2c1cc1cnc(NC3CCC(N4CCN(C5CC5)CC4)CC3)nc12. The Balaban J connectivity index is 0.000000118. The molecule has 0 bridgehead atoms. The van der Waals surface area contributed by atoms with Crippen LogP contribution in [0.25, 0.3) is 33.1 Å². The standard InChI is InChI=1S/C29H44N6O.C28H40N6O.C27H36F3N5O/c1-28(2,3)34-17-15-33(16-18-34)23-9-7-22(8-10-23)31-27-30-20-21-19-24-25(36)11-14-29(12-5-4-6-13-29)35(24)26(21)32-27;35-25-10-13-28(11-2-1-3-12-28)34-24(25)18-20-19-29-27(31-26(20)34)30-21-4-6-22(7-5-21)32-14-16-33(17-15-32)23-8-9-23;28-27(29,30)19-9-14-34(15-10-19)21-6-4-20(5-7-21)32-25-31-17-18-16-22-23(36)8-13-26(11-2-1-3-12-26)35(22)24(18)33-25/h19-20,22-23H,4-18H2,1-3H3,(H,30,31,32);18-19,21-23H,1-17H2,(H,29,30,31);16-17,19-21H,1-15H2,(H,31,32,33). The van der Waals surface area contributed by atoms with Crippen LogP contribution in [-0.4, -0.2) is 205 Å². The molecule has 6 aliphatic heterocycles. The summed E-state index contributed by atoms with van der Waals surface area (Å²) in [5.41, 5.74) is 5.75. The van der Waals surface area contributed by atoms with Crippen molar-refractivity contribution in [3.05, 3.63) is 53.9 Å². The average Bonchev–Trinajstić information content (AvgIpc) is 1.67. The minimum absolute atomic E-state index is 0.00644. The molecule has 7 aliphatic carbocycles. The highest BCUT2D eigenvalue weighted by Gasteiger charge is 2.47. The lowest BCUT2D eigenvalue weighted by atomic mass is 9.75. The number of likely N-dealkylation sites (tertiary alicyclic amines) is 1. The predicted octanol–water partition coefficient (Wildman–Crippen LogP) is 15.8. The molecule has 10 fully saturated rings. The zero-order valence-corrected chi connectivity index (χ0v) is 64.4. The lowest BCUT2D eigenvalue weighted by Gasteiger charge is -2.46. The molecule has 0 aromatic carbocycles. The number of nitrogens with one attached hydrogen (secondary N) is 3. The number of halogens is 3. The summed E-state index contributed by atoms with van der Waals surface area (Å²) < 4.78 is 45.9. The molecule has 19 rings (SSSR count). The van der Waals surface area contributed by atoms with Crippen LogP contribution in [0.2, 0.25) is 0 Å².